The SMILES string of the molecule is COC(=O)[C@@H](NC(=O)c1ccc(C#CC=CCCO)cc1)C(C)(C)NC(=O)OC(C)(C)C. The average molecular weight is 445 g/mol. The molecule has 1 atom stereocenters. The minimum absolute atomic E-state index is 0.0681. The number of aliphatic hydroxyl groups excluding tert-OH is 1. The number of rotatable bonds is 7. The van der Waals surface area contributed by atoms with Crippen LogP contribution in [0.3, 0.4) is 0 Å². The Morgan fingerprint density at radius 2 is 1.75 bits per heavy atom. The molecule has 1 rings (SSSR count). The summed E-state index contributed by atoms with van der Waals surface area (Å²) in [5.74, 6) is 4.53. The van der Waals surface area contributed by atoms with E-state index in [1.165, 1.54) is 7.11 Å². The maximum Gasteiger partial charge on any atom is 0.408 e. The molecule has 0 heterocycles. The van der Waals surface area contributed by atoms with Crippen LogP contribution in [0.5, 0.6) is 0 Å². The van der Waals surface area contributed by atoms with Crippen molar-refractivity contribution in [3.05, 3.63) is 47.5 Å². The van der Waals surface area contributed by atoms with Gasteiger partial charge < -0.3 is 25.2 Å². The van der Waals surface area contributed by atoms with Crippen molar-refractivity contribution < 1.29 is 29.0 Å². The van der Waals surface area contributed by atoms with E-state index in [4.69, 9.17) is 14.6 Å². The summed E-state index contributed by atoms with van der Waals surface area (Å²) in [4.78, 5) is 37.3. The number of alkyl carbamates (subject to hydrolysis) is 1. The molecule has 0 aliphatic carbocycles. The Labute approximate surface area is 189 Å². The zero-order valence-electron chi connectivity index (χ0n) is 19.4. The van der Waals surface area contributed by atoms with Gasteiger partial charge in [0.15, 0.2) is 0 Å². The van der Waals surface area contributed by atoms with E-state index in [9.17, 15) is 14.4 Å². The lowest BCUT2D eigenvalue weighted by Crippen LogP contribution is -2.62. The van der Waals surface area contributed by atoms with E-state index in [0.717, 1.165) is 0 Å². The summed E-state index contributed by atoms with van der Waals surface area (Å²) in [5, 5.41) is 14.0. The van der Waals surface area contributed by atoms with Gasteiger partial charge in [0.2, 0.25) is 0 Å². The highest BCUT2D eigenvalue weighted by molar-refractivity contribution is 5.97. The summed E-state index contributed by atoms with van der Waals surface area (Å²) in [7, 11) is 1.20. The minimum atomic E-state index is -1.20. The van der Waals surface area contributed by atoms with Crippen LogP contribution in [0.1, 0.15) is 57.0 Å². The second kappa shape index (κ2) is 11.9. The van der Waals surface area contributed by atoms with Crippen molar-refractivity contribution in [1.29, 1.82) is 0 Å². The number of amides is 2. The Kier molecular flexibility index (Phi) is 9.95. The minimum Gasteiger partial charge on any atom is -0.467 e. The summed E-state index contributed by atoms with van der Waals surface area (Å²) >= 11 is 0. The number of hydrogen-bond acceptors (Lipinski definition) is 6. The third-order valence-corrected chi connectivity index (χ3v) is 4.12. The Morgan fingerprint density at radius 3 is 2.28 bits per heavy atom. The van der Waals surface area contributed by atoms with Crippen LogP contribution in [-0.2, 0) is 14.3 Å². The third-order valence-electron chi connectivity index (χ3n) is 4.12. The summed E-state index contributed by atoms with van der Waals surface area (Å²) < 4.78 is 10.1. The number of nitrogens with one attached hydrogen (secondary N) is 2. The lowest BCUT2D eigenvalue weighted by Gasteiger charge is -2.34. The molecule has 0 fully saturated rings. The topological polar surface area (TPSA) is 114 Å². The monoisotopic (exact) mass is 444 g/mol. The van der Waals surface area contributed by atoms with E-state index < -0.39 is 35.2 Å². The van der Waals surface area contributed by atoms with E-state index in [1.54, 1.807) is 71.0 Å². The Morgan fingerprint density at radius 1 is 1.12 bits per heavy atom. The molecule has 3 N–H and O–H groups in total. The predicted octanol–water partition coefficient (Wildman–Crippen LogP) is 2.55. The molecule has 0 saturated heterocycles. The van der Waals surface area contributed by atoms with Gasteiger partial charge in [-0.25, -0.2) is 9.59 Å². The molecule has 32 heavy (non-hydrogen) atoms. The third kappa shape index (κ3) is 9.23. The van der Waals surface area contributed by atoms with Crippen LogP contribution in [0.2, 0.25) is 0 Å². The standard InChI is InChI=1S/C24H32N2O6/c1-23(2,3)32-22(30)26-24(4,5)19(21(29)31-6)25-20(28)18-14-12-17(13-15-18)11-9-7-8-10-16-27/h7-8,12-15,19,27H,10,16H2,1-6H3,(H,25,28)(H,26,30)/t19-/m1/s1. The number of carbonyl (C=O) groups excluding carboxylic acids is 3. The van der Waals surface area contributed by atoms with Crippen LogP contribution >= 0.6 is 0 Å². The van der Waals surface area contributed by atoms with E-state index in [0.29, 0.717) is 17.5 Å². The average Bonchev–Trinajstić information content (AvgIpc) is 2.69. The van der Waals surface area contributed by atoms with Crippen molar-refractivity contribution in [1.82, 2.24) is 10.6 Å². The van der Waals surface area contributed by atoms with Crippen molar-refractivity contribution in [3.8, 4) is 11.8 Å². The molecule has 0 radical (unpaired) electrons. The smallest absolute Gasteiger partial charge is 0.408 e. The molecule has 0 unspecified atom stereocenters. The van der Waals surface area contributed by atoms with Gasteiger partial charge in [0.05, 0.1) is 12.6 Å². The van der Waals surface area contributed by atoms with Gasteiger partial charge in [0, 0.05) is 17.7 Å². The summed E-state index contributed by atoms with van der Waals surface area (Å²) in [6, 6.07) is 5.36. The Bertz CT molecular complexity index is 886. The molecular formula is C24H32N2O6. The highest BCUT2D eigenvalue weighted by atomic mass is 16.6. The summed E-state index contributed by atoms with van der Waals surface area (Å²) in [6.45, 7) is 8.40. The van der Waals surface area contributed by atoms with Crippen LogP contribution in [0.25, 0.3) is 0 Å². The molecule has 0 bridgehead atoms. The molecule has 0 spiro atoms. The van der Waals surface area contributed by atoms with Crippen molar-refractivity contribution >= 4 is 18.0 Å². The number of ether oxygens (including phenoxy) is 2. The molecule has 0 aliphatic rings. The molecule has 2 amide bonds. The van der Waals surface area contributed by atoms with E-state index >= 15 is 0 Å². The highest BCUT2D eigenvalue weighted by Crippen LogP contribution is 2.15. The first-order valence-electron chi connectivity index (χ1n) is 10.2. The number of benzene rings is 1. The Balaban J connectivity index is 2.94. The lowest BCUT2D eigenvalue weighted by molar-refractivity contribution is -0.144. The van der Waals surface area contributed by atoms with E-state index in [-0.39, 0.29) is 6.61 Å². The second-order valence-corrected chi connectivity index (χ2v) is 8.54. The van der Waals surface area contributed by atoms with Crippen LogP contribution in [0.15, 0.2) is 36.4 Å². The van der Waals surface area contributed by atoms with Crippen LogP contribution < -0.4 is 10.6 Å². The van der Waals surface area contributed by atoms with Gasteiger partial charge >= 0.3 is 12.1 Å². The summed E-state index contributed by atoms with van der Waals surface area (Å²) in [6.07, 6.45) is 3.22. The molecule has 1 aromatic rings. The molecular weight excluding hydrogens is 412 g/mol. The van der Waals surface area contributed by atoms with Crippen LogP contribution in [0.4, 0.5) is 4.79 Å². The van der Waals surface area contributed by atoms with E-state index in [1.807, 2.05) is 0 Å². The number of carbonyl (C=O) groups is 3. The zero-order chi connectivity index (χ0) is 24.4. The van der Waals surface area contributed by atoms with Crippen molar-refractivity contribution in [2.75, 3.05) is 13.7 Å². The van der Waals surface area contributed by atoms with Gasteiger partial charge in [-0.05, 0) is 71.4 Å². The van der Waals surface area contributed by atoms with Gasteiger partial charge in [-0.2, -0.15) is 0 Å². The van der Waals surface area contributed by atoms with E-state index in [2.05, 4.69) is 22.5 Å². The summed E-state index contributed by atoms with van der Waals surface area (Å²) in [5.41, 5.74) is -0.902. The van der Waals surface area contributed by atoms with Gasteiger partial charge in [-0.1, -0.05) is 17.9 Å². The molecule has 0 aromatic heterocycles. The fourth-order valence-electron chi connectivity index (χ4n) is 2.55. The van der Waals surface area contributed by atoms with Gasteiger partial charge in [-0.3, -0.25) is 4.79 Å². The number of allylic oxidation sites excluding steroid dienone is 1. The van der Waals surface area contributed by atoms with Crippen LogP contribution in [0, 0.1) is 11.8 Å². The number of aliphatic hydroxyl groups is 1. The molecule has 1 aromatic carbocycles. The van der Waals surface area contributed by atoms with Crippen molar-refractivity contribution in [2.24, 2.45) is 0 Å². The number of methoxy groups -OCH3 is 1. The lowest BCUT2D eigenvalue weighted by atomic mass is 9.94. The van der Waals surface area contributed by atoms with Gasteiger partial charge in [0.1, 0.15) is 11.6 Å². The fraction of sp³-hybridized carbons (Fsp3) is 0.458. The second-order valence-electron chi connectivity index (χ2n) is 8.54. The maximum atomic E-state index is 12.7. The quantitative estimate of drug-likeness (QED) is 0.440. The molecule has 174 valence electrons. The molecule has 0 aliphatic heterocycles. The van der Waals surface area contributed by atoms with Crippen molar-refractivity contribution in [2.45, 2.75) is 58.2 Å². The van der Waals surface area contributed by atoms with Gasteiger partial charge in [-0.15, -0.1) is 0 Å². The Hall–Kier alpha value is -3.31. The molecule has 0 saturated carbocycles. The number of hydrogen-bond donors (Lipinski definition) is 3. The highest BCUT2D eigenvalue weighted by Gasteiger charge is 2.39. The molecule has 8 nitrogen and oxygen atoms in total. The normalized spacial score (nSPS) is 12.3. The van der Waals surface area contributed by atoms with Crippen LogP contribution in [-0.4, -0.2) is 54.0 Å². The predicted molar refractivity (Wildman–Crippen MR) is 121 cm³/mol. The number of esters is 1. The fourth-order valence-corrected chi connectivity index (χ4v) is 2.55. The largest absolute Gasteiger partial charge is 0.467 e. The first-order chi connectivity index (χ1) is 14.9. The maximum absolute atomic E-state index is 12.7. The van der Waals surface area contributed by atoms with Crippen molar-refractivity contribution in [3.63, 3.8) is 0 Å². The zero-order valence-corrected chi connectivity index (χ0v) is 19.4. The first-order valence-corrected chi connectivity index (χ1v) is 10.2. The molecule has 8 heteroatoms. The first kappa shape index (κ1) is 26.7. The van der Waals surface area contributed by atoms with Gasteiger partial charge in [0.25, 0.3) is 5.91 Å².